The number of ether oxygens (including phenoxy) is 2. The number of carbonyl (C=O) groups is 1. The molecule has 3 heterocycles. The van der Waals surface area contributed by atoms with Gasteiger partial charge in [0.25, 0.3) is 0 Å². The molecule has 1 atom stereocenters. The normalized spacial score (nSPS) is 21.6. The lowest BCUT2D eigenvalue weighted by atomic mass is 9.97. The number of nitrogens with one attached hydrogen (secondary N) is 1. The summed E-state index contributed by atoms with van der Waals surface area (Å²) in [5.41, 5.74) is 1.55. The molecule has 0 spiro atoms. The molecule has 6 nitrogen and oxygen atoms in total. The Labute approximate surface area is 149 Å². The lowest BCUT2D eigenvalue weighted by Crippen LogP contribution is -2.42. The molecular formula is C19H29N3O3. The average molecular weight is 347 g/mol. The van der Waals surface area contributed by atoms with E-state index in [-0.39, 0.29) is 18.2 Å². The van der Waals surface area contributed by atoms with Crippen LogP contribution in [0.3, 0.4) is 0 Å². The largest absolute Gasteiger partial charge is 0.490 e. The summed E-state index contributed by atoms with van der Waals surface area (Å²) in [6, 6.07) is 1.82. The van der Waals surface area contributed by atoms with Gasteiger partial charge in [0.1, 0.15) is 17.5 Å². The number of hydrogen-bond donors (Lipinski definition) is 1. The molecule has 1 aromatic rings. The van der Waals surface area contributed by atoms with Gasteiger partial charge in [-0.2, -0.15) is 0 Å². The van der Waals surface area contributed by atoms with E-state index in [1.54, 1.807) is 4.90 Å². The number of aromatic nitrogens is 1. The molecule has 1 amide bonds. The molecule has 0 aliphatic carbocycles. The van der Waals surface area contributed by atoms with Crippen LogP contribution in [0.25, 0.3) is 0 Å². The van der Waals surface area contributed by atoms with E-state index in [2.05, 4.69) is 10.3 Å². The van der Waals surface area contributed by atoms with Crippen LogP contribution in [-0.2, 0) is 11.2 Å². The quantitative estimate of drug-likeness (QED) is 0.891. The monoisotopic (exact) mass is 347 g/mol. The van der Waals surface area contributed by atoms with Gasteiger partial charge in [-0.1, -0.05) is 0 Å². The minimum atomic E-state index is -0.500. The van der Waals surface area contributed by atoms with E-state index < -0.39 is 5.60 Å². The lowest BCUT2D eigenvalue weighted by molar-refractivity contribution is 0.0153. The summed E-state index contributed by atoms with van der Waals surface area (Å²) in [6.07, 6.45) is 4.48. The number of fused-ring (bicyclic) bond motifs is 1. The third-order valence-electron chi connectivity index (χ3n) is 4.72. The molecule has 3 rings (SSSR count). The maximum atomic E-state index is 12.6. The van der Waals surface area contributed by atoms with Crippen LogP contribution < -0.4 is 10.1 Å². The van der Waals surface area contributed by atoms with E-state index in [1.807, 2.05) is 40.0 Å². The van der Waals surface area contributed by atoms with E-state index in [1.165, 1.54) is 0 Å². The fourth-order valence-electron chi connectivity index (χ4n) is 3.48. The second kappa shape index (κ2) is 7.20. The molecule has 1 saturated heterocycles. The van der Waals surface area contributed by atoms with Crippen molar-refractivity contribution in [2.24, 2.45) is 0 Å². The van der Waals surface area contributed by atoms with E-state index >= 15 is 0 Å². The number of carbonyl (C=O) groups excluding carboxylic acids is 1. The van der Waals surface area contributed by atoms with Crippen LogP contribution in [0.15, 0.2) is 12.3 Å². The molecule has 0 saturated carbocycles. The molecule has 6 heteroatoms. The molecule has 1 aromatic heterocycles. The van der Waals surface area contributed by atoms with Crippen LogP contribution in [0, 0.1) is 0 Å². The minimum Gasteiger partial charge on any atom is -0.490 e. The molecule has 25 heavy (non-hydrogen) atoms. The van der Waals surface area contributed by atoms with Crippen LogP contribution in [0.2, 0.25) is 0 Å². The molecule has 0 bridgehead atoms. The Balaban J connectivity index is 1.81. The average Bonchev–Trinajstić information content (AvgIpc) is 2.54. The predicted octanol–water partition coefficient (Wildman–Crippen LogP) is 3.07. The van der Waals surface area contributed by atoms with Crippen LogP contribution in [0.1, 0.15) is 57.8 Å². The van der Waals surface area contributed by atoms with Crippen molar-refractivity contribution in [3.63, 3.8) is 0 Å². The Morgan fingerprint density at radius 2 is 2.04 bits per heavy atom. The van der Waals surface area contributed by atoms with Gasteiger partial charge in [-0.3, -0.25) is 4.98 Å². The van der Waals surface area contributed by atoms with Gasteiger partial charge in [0, 0.05) is 24.7 Å². The maximum absolute atomic E-state index is 12.6. The van der Waals surface area contributed by atoms with Gasteiger partial charge >= 0.3 is 6.09 Å². The van der Waals surface area contributed by atoms with Gasteiger partial charge < -0.3 is 19.7 Å². The first-order valence-corrected chi connectivity index (χ1v) is 9.20. The van der Waals surface area contributed by atoms with Crippen LogP contribution in [0.5, 0.6) is 5.75 Å². The first-order chi connectivity index (χ1) is 11.8. The molecule has 1 unspecified atom stereocenters. The molecular weight excluding hydrogens is 318 g/mol. The van der Waals surface area contributed by atoms with Gasteiger partial charge in [0.15, 0.2) is 0 Å². The SMILES string of the molecule is CC1c2c(OC3CCNCC3)ccnc2CCN1C(=O)OC(C)(C)C. The van der Waals surface area contributed by atoms with Gasteiger partial charge in [-0.25, -0.2) is 4.79 Å². The van der Waals surface area contributed by atoms with Crippen LogP contribution in [-0.4, -0.2) is 47.3 Å². The van der Waals surface area contributed by atoms with E-state index in [9.17, 15) is 4.79 Å². The highest BCUT2D eigenvalue weighted by molar-refractivity contribution is 5.69. The molecule has 138 valence electrons. The summed E-state index contributed by atoms with van der Waals surface area (Å²) in [5, 5.41) is 3.35. The summed E-state index contributed by atoms with van der Waals surface area (Å²) in [7, 11) is 0. The standard InChI is InChI=1S/C19H29N3O3/c1-13-17-15(8-12-22(13)18(23)25-19(2,3)4)21-11-7-16(17)24-14-5-9-20-10-6-14/h7,11,13-14,20H,5-6,8-10,12H2,1-4H3. The van der Waals surface area contributed by atoms with Crippen molar-refractivity contribution in [3.05, 3.63) is 23.5 Å². The summed E-state index contributed by atoms with van der Waals surface area (Å²) >= 11 is 0. The van der Waals surface area contributed by atoms with Crippen molar-refractivity contribution >= 4 is 6.09 Å². The second-order valence-corrected chi connectivity index (χ2v) is 7.84. The third-order valence-corrected chi connectivity index (χ3v) is 4.72. The second-order valence-electron chi connectivity index (χ2n) is 7.84. The van der Waals surface area contributed by atoms with Crippen molar-refractivity contribution in [1.29, 1.82) is 0 Å². The van der Waals surface area contributed by atoms with Gasteiger partial charge in [-0.15, -0.1) is 0 Å². The van der Waals surface area contributed by atoms with E-state index in [4.69, 9.17) is 9.47 Å². The Morgan fingerprint density at radius 3 is 2.72 bits per heavy atom. The molecule has 1 N–H and O–H groups in total. The lowest BCUT2D eigenvalue weighted by Gasteiger charge is -2.37. The number of nitrogens with zero attached hydrogens (tertiary/aromatic N) is 2. The molecule has 2 aliphatic rings. The van der Waals surface area contributed by atoms with Gasteiger partial charge in [0.2, 0.25) is 0 Å². The summed E-state index contributed by atoms with van der Waals surface area (Å²) < 4.78 is 11.9. The zero-order valence-corrected chi connectivity index (χ0v) is 15.7. The van der Waals surface area contributed by atoms with Crippen molar-refractivity contribution in [1.82, 2.24) is 15.2 Å². The molecule has 0 aromatic carbocycles. The third kappa shape index (κ3) is 4.24. The summed E-state index contributed by atoms with van der Waals surface area (Å²) in [4.78, 5) is 18.9. The molecule has 1 fully saturated rings. The smallest absolute Gasteiger partial charge is 0.410 e. The maximum Gasteiger partial charge on any atom is 0.410 e. The highest BCUT2D eigenvalue weighted by atomic mass is 16.6. The van der Waals surface area contributed by atoms with Gasteiger partial charge in [0.05, 0.1) is 11.7 Å². The first kappa shape index (κ1) is 18.0. The fourth-order valence-corrected chi connectivity index (χ4v) is 3.48. The van der Waals surface area contributed by atoms with Gasteiger partial charge in [-0.05, 0) is 59.7 Å². The number of hydrogen-bond acceptors (Lipinski definition) is 5. The van der Waals surface area contributed by atoms with Crippen LogP contribution in [0.4, 0.5) is 4.79 Å². The van der Waals surface area contributed by atoms with Crippen molar-refractivity contribution < 1.29 is 14.3 Å². The first-order valence-electron chi connectivity index (χ1n) is 9.20. The van der Waals surface area contributed by atoms with Crippen molar-refractivity contribution in [2.75, 3.05) is 19.6 Å². The Kier molecular flexibility index (Phi) is 5.18. The van der Waals surface area contributed by atoms with Crippen molar-refractivity contribution in [3.8, 4) is 5.75 Å². The van der Waals surface area contributed by atoms with Crippen molar-refractivity contribution in [2.45, 2.75) is 64.7 Å². The summed E-state index contributed by atoms with van der Waals surface area (Å²) in [5.74, 6) is 0.859. The number of rotatable bonds is 2. The Bertz CT molecular complexity index is 621. The number of amides is 1. The zero-order valence-electron chi connectivity index (χ0n) is 15.7. The van der Waals surface area contributed by atoms with Crippen LogP contribution >= 0.6 is 0 Å². The Morgan fingerprint density at radius 1 is 1.32 bits per heavy atom. The zero-order chi connectivity index (χ0) is 18.0. The highest BCUT2D eigenvalue weighted by Crippen LogP contribution is 2.36. The topological polar surface area (TPSA) is 63.7 Å². The van der Waals surface area contributed by atoms with E-state index in [0.29, 0.717) is 6.54 Å². The fraction of sp³-hybridized carbons (Fsp3) is 0.684. The van der Waals surface area contributed by atoms with E-state index in [0.717, 1.165) is 49.4 Å². The number of pyridine rings is 1. The number of piperidine rings is 1. The Hall–Kier alpha value is -1.82. The molecule has 2 aliphatic heterocycles. The molecule has 0 radical (unpaired) electrons. The predicted molar refractivity (Wildman–Crippen MR) is 95.8 cm³/mol. The minimum absolute atomic E-state index is 0.107. The highest BCUT2D eigenvalue weighted by Gasteiger charge is 2.34. The summed E-state index contributed by atoms with van der Waals surface area (Å²) in [6.45, 7) is 10.3.